The maximum Gasteiger partial charge on any atom is 0.194 e. The standard InChI is InChI=1S/C21H27N7O.HI/c1-22-21(28-9-10-29-20(15-28)19-12-25-26(2)14-19)24-11-17-3-5-18(6-4-17)13-27-8-7-23-16-27;/h3-8,12,14,16,20H,9-11,13,15H2,1-2H3,(H,22,24);1H. The van der Waals surface area contributed by atoms with Gasteiger partial charge in [0.15, 0.2) is 5.96 Å². The molecule has 0 amide bonds. The molecule has 1 aliphatic rings. The highest BCUT2D eigenvalue weighted by Crippen LogP contribution is 2.21. The van der Waals surface area contributed by atoms with Gasteiger partial charge in [0.1, 0.15) is 6.10 Å². The second-order valence-corrected chi connectivity index (χ2v) is 7.21. The van der Waals surface area contributed by atoms with E-state index in [1.54, 1.807) is 10.9 Å². The van der Waals surface area contributed by atoms with E-state index in [4.69, 9.17) is 4.74 Å². The second kappa shape index (κ2) is 10.6. The number of rotatable bonds is 5. The molecule has 8 nitrogen and oxygen atoms in total. The third-order valence-corrected chi connectivity index (χ3v) is 5.07. The quantitative estimate of drug-likeness (QED) is 0.317. The summed E-state index contributed by atoms with van der Waals surface area (Å²) in [4.78, 5) is 10.8. The highest BCUT2D eigenvalue weighted by atomic mass is 127. The number of morpholine rings is 1. The Morgan fingerprint density at radius 3 is 2.73 bits per heavy atom. The van der Waals surface area contributed by atoms with E-state index in [1.807, 2.05) is 39.0 Å². The number of hydrogen-bond donors (Lipinski definition) is 1. The van der Waals surface area contributed by atoms with Crippen molar-refractivity contribution in [2.75, 3.05) is 26.7 Å². The molecule has 1 atom stereocenters. The molecular weight excluding hydrogens is 493 g/mol. The summed E-state index contributed by atoms with van der Waals surface area (Å²) < 4.78 is 9.81. The molecule has 9 heteroatoms. The van der Waals surface area contributed by atoms with Crippen LogP contribution in [-0.2, 0) is 24.9 Å². The van der Waals surface area contributed by atoms with Crippen molar-refractivity contribution in [1.82, 2.24) is 29.5 Å². The van der Waals surface area contributed by atoms with Crippen LogP contribution >= 0.6 is 24.0 Å². The van der Waals surface area contributed by atoms with E-state index in [2.05, 4.69) is 54.1 Å². The summed E-state index contributed by atoms with van der Waals surface area (Å²) in [6.45, 7) is 3.81. The SMILES string of the molecule is CN=C(NCc1ccc(Cn2ccnc2)cc1)N1CCOC(c2cnn(C)c2)C1.I. The van der Waals surface area contributed by atoms with Crippen molar-refractivity contribution < 1.29 is 4.74 Å². The van der Waals surface area contributed by atoms with Crippen molar-refractivity contribution in [3.05, 3.63) is 72.1 Å². The lowest BCUT2D eigenvalue weighted by Crippen LogP contribution is -2.47. The third kappa shape index (κ3) is 5.60. The largest absolute Gasteiger partial charge is 0.370 e. The summed E-state index contributed by atoms with van der Waals surface area (Å²) in [6.07, 6.45) is 9.50. The fourth-order valence-electron chi connectivity index (χ4n) is 3.52. The van der Waals surface area contributed by atoms with Crippen LogP contribution in [0.25, 0.3) is 0 Å². The van der Waals surface area contributed by atoms with Crippen LogP contribution in [0.4, 0.5) is 0 Å². The molecule has 3 heterocycles. The van der Waals surface area contributed by atoms with Crippen LogP contribution in [0.15, 0.2) is 60.4 Å². The number of nitrogens with one attached hydrogen (secondary N) is 1. The molecular formula is C21H28IN7O. The molecule has 1 saturated heterocycles. The number of guanidine groups is 1. The predicted molar refractivity (Wildman–Crippen MR) is 127 cm³/mol. The Labute approximate surface area is 194 Å². The average molecular weight is 521 g/mol. The number of nitrogens with zero attached hydrogens (tertiary/aromatic N) is 6. The van der Waals surface area contributed by atoms with Gasteiger partial charge in [-0.15, -0.1) is 24.0 Å². The molecule has 2 aromatic heterocycles. The zero-order valence-electron chi connectivity index (χ0n) is 17.3. The number of aromatic nitrogens is 4. The lowest BCUT2D eigenvalue weighted by atomic mass is 10.1. The second-order valence-electron chi connectivity index (χ2n) is 7.21. The third-order valence-electron chi connectivity index (χ3n) is 5.07. The molecule has 1 aliphatic heterocycles. The van der Waals surface area contributed by atoms with Crippen LogP contribution in [0.5, 0.6) is 0 Å². The van der Waals surface area contributed by atoms with Crippen LogP contribution in [0.1, 0.15) is 22.8 Å². The Balaban J connectivity index is 0.00000256. The Bertz CT molecular complexity index is 937. The molecule has 30 heavy (non-hydrogen) atoms. The molecule has 160 valence electrons. The van der Waals surface area contributed by atoms with Gasteiger partial charge < -0.3 is 19.5 Å². The molecule has 1 unspecified atom stereocenters. The van der Waals surface area contributed by atoms with E-state index < -0.39 is 0 Å². The van der Waals surface area contributed by atoms with E-state index >= 15 is 0 Å². The van der Waals surface area contributed by atoms with Crippen LogP contribution in [-0.4, -0.2) is 56.9 Å². The summed E-state index contributed by atoms with van der Waals surface area (Å²) in [5, 5.41) is 7.74. The number of benzene rings is 1. The maximum atomic E-state index is 5.94. The zero-order chi connectivity index (χ0) is 20.1. The summed E-state index contributed by atoms with van der Waals surface area (Å²) >= 11 is 0. The number of halogens is 1. The Kier molecular flexibility index (Phi) is 7.86. The normalized spacial score (nSPS) is 16.9. The Morgan fingerprint density at radius 1 is 1.27 bits per heavy atom. The van der Waals surface area contributed by atoms with Crippen LogP contribution in [0.3, 0.4) is 0 Å². The first-order valence-electron chi connectivity index (χ1n) is 9.80. The number of hydrogen-bond acceptors (Lipinski definition) is 4. The fraction of sp³-hybridized carbons (Fsp3) is 0.381. The van der Waals surface area contributed by atoms with Gasteiger partial charge in [-0.25, -0.2) is 4.98 Å². The van der Waals surface area contributed by atoms with E-state index in [1.165, 1.54) is 11.1 Å². The van der Waals surface area contributed by atoms with Crippen molar-refractivity contribution in [3.8, 4) is 0 Å². The zero-order valence-corrected chi connectivity index (χ0v) is 19.6. The van der Waals surface area contributed by atoms with E-state index in [0.717, 1.165) is 37.7 Å². The number of imidazole rings is 1. The minimum Gasteiger partial charge on any atom is -0.370 e. The van der Waals surface area contributed by atoms with Gasteiger partial charge in [0, 0.05) is 57.9 Å². The lowest BCUT2D eigenvalue weighted by Gasteiger charge is -2.34. The van der Waals surface area contributed by atoms with Crippen molar-refractivity contribution in [1.29, 1.82) is 0 Å². The van der Waals surface area contributed by atoms with Crippen LogP contribution in [0.2, 0.25) is 0 Å². The highest BCUT2D eigenvalue weighted by Gasteiger charge is 2.25. The van der Waals surface area contributed by atoms with E-state index in [-0.39, 0.29) is 30.1 Å². The molecule has 0 saturated carbocycles. The topological polar surface area (TPSA) is 72.5 Å². The summed E-state index contributed by atoms with van der Waals surface area (Å²) in [7, 11) is 3.75. The van der Waals surface area contributed by atoms with Gasteiger partial charge >= 0.3 is 0 Å². The summed E-state index contributed by atoms with van der Waals surface area (Å²) in [6, 6.07) is 8.63. The highest BCUT2D eigenvalue weighted by molar-refractivity contribution is 14.0. The van der Waals surface area contributed by atoms with Crippen molar-refractivity contribution >= 4 is 29.9 Å². The van der Waals surface area contributed by atoms with Gasteiger partial charge in [0.25, 0.3) is 0 Å². The molecule has 0 aliphatic carbocycles. The average Bonchev–Trinajstić information content (AvgIpc) is 3.42. The van der Waals surface area contributed by atoms with Crippen molar-refractivity contribution in [2.24, 2.45) is 12.0 Å². The molecule has 1 fully saturated rings. The van der Waals surface area contributed by atoms with Gasteiger partial charge in [-0.2, -0.15) is 5.10 Å². The molecule has 0 radical (unpaired) electrons. The van der Waals surface area contributed by atoms with E-state index in [0.29, 0.717) is 6.61 Å². The number of ether oxygens (including phenoxy) is 1. The van der Waals surface area contributed by atoms with Crippen LogP contribution in [0, 0.1) is 0 Å². The number of aryl methyl sites for hydroxylation is 1. The molecule has 1 N–H and O–H groups in total. The van der Waals surface area contributed by atoms with Gasteiger partial charge in [-0.05, 0) is 11.1 Å². The summed E-state index contributed by atoms with van der Waals surface area (Å²) in [5.41, 5.74) is 3.57. The first-order chi connectivity index (χ1) is 14.2. The van der Waals surface area contributed by atoms with Crippen LogP contribution < -0.4 is 5.32 Å². The Hall–Kier alpha value is -2.40. The minimum atomic E-state index is 0. The first-order valence-corrected chi connectivity index (χ1v) is 9.80. The minimum absolute atomic E-state index is 0. The maximum absolute atomic E-state index is 5.94. The first kappa shape index (κ1) is 22.3. The number of aliphatic imine (C=N–C) groups is 1. The summed E-state index contributed by atoms with van der Waals surface area (Å²) in [5.74, 6) is 0.893. The van der Waals surface area contributed by atoms with E-state index in [9.17, 15) is 0 Å². The fourth-order valence-corrected chi connectivity index (χ4v) is 3.52. The van der Waals surface area contributed by atoms with Gasteiger partial charge in [0.2, 0.25) is 0 Å². The van der Waals surface area contributed by atoms with Gasteiger partial charge in [0.05, 0.1) is 25.7 Å². The predicted octanol–water partition coefficient (Wildman–Crippen LogP) is 2.43. The molecule has 3 aromatic rings. The van der Waals surface area contributed by atoms with Gasteiger partial charge in [-0.1, -0.05) is 24.3 Å². The molecule has 4 rings (SSSR count). The molecule has 0 bridgehead atoms. The molecule has 1 aromatic carbocycles. The molecule has 0 spiro atoms. The smallest absolute Gasteiger partial charge is 0.194 e. The Morgan fingerprint density at radius 2 is 2.07 bits per heavy atom. The van der Waals surface area contributed by atoms with Crippen molar-refractivity contribution in [2.45, 2.75) is 19.2 Å². The lowest BCUT2D eigenvalue weighted by molar-refractivity contribution is -0.00805. The van der Waals surface area contributed by atoms with Crippen molar-refractivity contribution in [3.63, 3.8) is 0 Å². The van der Waals surface area contributed by atoms with Gasteiger partial charge in [-0.3, -0.25) is 9.67 Å². The monoisotopic (exact) mass is 521 g/mol.